The van der Waals surface area contributed by atoms with Crippen LogP contribution < -0.4 is 9.64 Å². The molecular weight excluding hydrogens is 284 g/mol. The fourth-order valence-electron chi connectivity index (χ4n) is 2.73. The standard InChI is InChI=1S/C15H24N4O3/c1-3-18(10-11-20)14(21)12-5-8-19(9-6-12)15-16-7-4-13(17-15)22-2/h4,7,12,20H,3,5-6,8-11H2,1-2H3. The first-order chi connectivity index (χ1) is 10.7. The quantitative estimate of drug-likeness (QED) is 0.826. The molecule has 2 heterocycles. The van der Waals surface area contributed by atoms with Crippen LogP contribution in [0.15, 0.2) is 12.3 Å². The van der Waals surface area contributed by atoms with E-state index < -0.39 is 0 Å². The van der Waals surface area contributed by atoms with Crippen molar-refractivity contribution in [1.29, 1.82) is 0 Å². The molecule has 0 saturated carbocycles. The molecule has 1 aromatic heterocycles. The van der Waals surface area contributed by atoms with Crippen LogP contribution in [0.4, 0.5) is 5.95 Å². The molecule has 0 spiro atoms. The highest BCUT2D eigenvalue weighted by molar-refractivity contribution is 5.79. The van der Waals surface area contributed by atoms with Gasteiger partial charge >= 0.3 is 0 Å². The lowest BCUT2D eigenvalue weighted by atomic mass is 9.95. The lowest BCUT2D eigenvalue weighted by Crippen LogP contribution is -2.43. The molecule has 1 fully saturated rings. The number of rotatable bonds is 6. The van der Waals surface area contributed by atoms with E-state index in [4.69, 9.17) is 9.84 Å². The summed E-state index contributed by atoms with van der Waals surface area (Å²) >= 11 is 0. The molecule has 0 aromatic carbocycles. The van der Waals surface area contributed by atoms with Gasteiger partial charge in [-0.25, -0.2) is 4.98 Å². The van der Waals surface area contributed by atoms with Crippen molar-refractivity contribution in [3.63, 3.8) is 0 Å². The Bertz CT molecular complexity index is 489. The maximum Gasteiger partial charge on any atom is 0.228 e. The second-order valence-electron chi connectivity index (χ2n) is 5.30. The number of carbonyl (C=O) groups is 1. The molecule has 1 aliphatic rings. The van der Waals surface area contributed by atoms with E-state index in [-0.39, 0.29) is 18.4 Å². The molecule has 122 valence electrons. The number of piperidine rings is 1. The Labute approximate surface area is 130 Å². The smallest absolute Gasteiger partial charge is 0.228 e. The molecule has 1 amide bonds. The van der Waals surface area contributed by atoms with Crippen LogP contribution in [0.5, 0.6) is 5.88 Å². The number of aliphatic hydroxyl groups is 1. The van der Waals surface area contributed by atoms with Crippen LogP contribution in [0, 0.1) is 5.92 Å². The molecule has 1 N–H and O–H groups in total. The van der Waals surface area contributed by atoms with E-state index in [0.29, 0.717) is 24.9 Å². The number of carbonyl (C=O) groups excluding carboxylic acids is 1. The summed E-state index contributed by atoms with van der Waals surface area (Å²) in [5.74, 6) is 1.35. The average molecular weight is 308 g/mol. The Hall–Kier alpha value is -1.89. The van der Waals surface area contributed by atoms with E-state index in [1.165, 1.54) is 0 Å². The van der Waals surface area contributed by atoms with Crippen molar-refractivity contribution < 1.29 is 14.6 Å². The largest absolute Gasteiger partial charge is 0.481 e. The number of hydrogen-bond acceptors (Lipinski definition) is 6. The highest BCUT2D eigenvalue weighted by atomic mass is 16.5. The zero-order chi connectivity index (χ0) is 15.9. The van der Waals surface area contributed by atoms with Crippen LogP contribution >= 0.6 is 0 Å². The number of hydrogen-bond donors (Lipinski definition) is 1. The van der Waals surface area contributed by atoms with Crippen molar-refractivity contribution >= 4 is 11.9 Å². The third-order valence-corrected chi connectivity index (χ3v) is 4.02. The molecule has 0 atom stereocenters. The van der Waals surface area contributed by atoms with Gasteiger partial charge in [-0.1, -0.05) is 0 Å². The Kier molecular flexibility index (Phi) is 5.94. The normalized spacial score (nSPS) is 15.7. The van der Waals surface area contributed by atoms with Crippen LogP contribution in [-0.4, -0.2) is 65.8 Å². The fourth-order valence-corrected chi connectivity index (χ4v) is 2.73. The molecule has 0 radical (unpaired) electrons. The van der Waals surface area contributed by atoms with Crippen LogP contribution in [0.1, 0.15) is 19.8 Å². The summed E-state index contributed by atoms with van der Waals surface area (Å²) in [6, 6.07) is 1.72. The zero-order valence-electron chi connectivity index (χ0n) is 13.2. The summed E-state index contributed by atoms with van der Waals surface area (Å²) < 4.78 is 5.12. The average Bonchev–Trinajstić information content (AvgIpc) is 2.59. The van der Waals surface area contributed by atoms with Crippen molar-refractivity contribution in [2.45, 2.75) is 19.8 Å². The molecule has 7 nitrogen and oxygen atoms in total. The van der Waals surface area contributed by atoms with E-state index in [2.05, 4.69) is 14.9 Å². The first kappa shape index (κ1) is 16.5. The van der Waals surface area contributed by atoms with E-state index in [0.717, 1.165) is 25.9 Å². The van der Waals surface area contributed by atoms with Gasteiger partial charge in [0.15, 0.2) is 0 Å². The minimum Gasteiger partial charge on any atom is -0.481 e. The Morgan fingerprint density at radius 3 is 2.82 bits per heavy atom. The molecule has 0 bridgehead atoms. The molecule has 0 aliphatic carbocycles. The molecule has 1 aromatic rings. The van der Waals surface area contributed by atoms with Gasteiger partial charge in [0.05, 0.1) is 13.7 Å². The number of amides is 1. The summed E-state index contributed by atoms with van der Waals surface area (Å²) in [7, 11) is 1.58. The van der Waals surface area contributed by atoms with Gasteiger partial charge in [-0.3, -0.25) is 4.79 Å². The summed E-state index contributed by atoms with van der Waals surface area (Å²) in [5.41, 5.74) is 0. The predicted octanol–water partition coefficient (Wildman–Crippen LogP) is 0.542. The Morgan fingerprint density at radius 2 is 2.23 bits per heavy atom. The Morgan fingerprint density at radius 1 is 1.50 bits per heavy atom. The molecule has 0 unspecified atom stereocenters. The number of anilines is 1. The predicted molar refractivity (Wildman–Crippen MR) is 82.9 cm³/mol. The first-order valence-electron chi connectivity index (χ1n) is 7.71. The van der Waals surface area contributed by atoms with Crippen LogP contribution in [0.3, 0.4) is 0 Å². The molecule has 7 heteroatoms. The Balaban J connectivity index is 1.93. The highest BCUT2D eigenvalue weighted by Gasteiger charge is 2.28. The number of nitrogens with zero attached hydrogens (tertiary/aromatic N) is 4. The second kappa shape index (κ2) is 7.93. The van der Waals surface area contributed by atoms with Gasteiger partial charge < -0.3 is 19.6 Å². The van der Waals surface area contributed by atoms with Gasteiger partial charge in [0, 0.05) is 44.4 Å². The van der Waals surface area contributed by atoms with Crippen LogP contribution in [0.25, 0.3) is 0 Å². The number of aliphatic hydroxyl groups excluding tert-OH is 1. The number of ether oxygens (including phenoxy) is 1. The number of aromatic nitrogens is 2. The minimum atomic E-state index is 0.00999. The van der Waals surface area contributed by atoms with Gasteiger partial charge in [-0.15, -0.1) is 0 Å². The van der Waals surface area contributed by atoms with E-state index in [1.54, 1.807) is 24.3 Å². The molecule has 2 rings (SSSR count). The maximum absolute atomic E-state index is 12.4. The highest BCUT2D eigenvalue weighted by Crippen LogP contribution is 2.23. The summed E-state index contributed by atoms with van der Waals surface area (Å²) in [6.45, 7) is 4.50. The fraction of sp³-hybridized carbons (Fsp3) is 0.667. The SMILES string of the molecule is CCN(CCO)C(=O)C1CCN(c2nccc(OC)n2)CC1. The van der Waals surface area contributed by atoms with Crippen molar-refractivity contribution in [3.8, 4) is 5.88 Å². The van der Waals surface area contributed by atoms with Crippen molar-refractivity contribution in [1.82, 2.24) is 14.9 Å². The van der Waals surface area contributed by atoms with Gasteiger partial charge in [0.1, 0.15) is 0 Å². The van der Waals surface area contributed by atoms with Gasteiger partial charge in [-0.2, -0.15) is 4.98 Å². The third-order valence-electron chi connectivity index (χ3n) is 4.02. The lowest BCUT2D eigenvalue weighted by molar-refractivity contribution is -0.136. The van der Waals surface area contributed by atoms with E-state index in [1.807, 2.05) is 6.92 Å². The summed E-state index contributed by atoms with van der Waals surface area (Å²) in [5, 5.41) is 9.02. The first-order valence-corrected chi connectivity index (χ1v) is 7.71. The van der Waals surface area contributed by atoms with Crippen LogP contribution in [-0.2, 0) is 4.79 Å². The zero-order valence-corrected chi connectivity index (χ0v) is 13.2. The molecule has 22 heavy (non-hydrogen) atoms. The summed E-state index contributed by atoms with van der Waals surface area (Å²) in [6.07, 6.45) is 3.24. The second-order valence-corrected chi connectivity index (χ2v) is 5.30. The molecule has 1 aliphatic heterocycles. The van der Waals surface area contributed by atoms with E-state index in [9.17, 15) is 4.79 Å². The van der Waals surface area contributed by atoms with Gasteiger partial charge in [-0.05, 0) is 19.8 Å². The van der Waals surface area contributed by atoms with Crippen LogP contribution in [0.2, 0.25) is 0 Å². The monoisotopic (exact) mass is 308 g/mol. The topological polar surface area (TPSA) is 78.8 Å². The summed E-state index contributed by atoms with van der Waals surface area (Å²) in [4.78, 5) is 24.8. The number of methoxy groups -OCH3 is 1. The molecular formula is C15H24N4O3. The lowest BCUT2D eigenvalue weighted by Gasteiger charge is -2.33. The van der Waals surface area contributed by atoms with Gasteiger partial charge in [0.25, 0.3) is 0 Å². The third kappa shape index (κ3) is 3.85. The minimum absolute atomic E-state index is 0.00999. The van der Waals surface area contributed by atoms with Crippen molar-refractivity contribution in [2.75, 3.05) is 44.8 Å². The number of likely N-dealkylation sites (N-methyl/N-ethyl adjacent to an activating group) is 1. The van der Waals surface area contributed by atoms with Crippen molar-refractivity contribution in [3.05, 3.63) is 12.3 Å². The van der Waals surface area contributed by atoms with Crippen molar-refractivity contribution in [2.24, 2.45) is 5.92 Å². The van der Waals surface area contributed by atoms with Gasteiger partial charge in [0.2, 0.25) is 17.7 Å². The molecule has 1 saturated heterocycles. The maximum atomic E-state index is 12.4. The van der Waals surface area contributed by atoms with E-state index >= 15 is 0 Å².